The number of nitrogens with zero attached hydrogens (tertiary/aromatic N) is 2. The number of amides is 1. The Kier molecular flexibility index (Phi) is 6.68. The van der Waals surface area contributed by atoms with Gasteiger partial charge in [-0.05, 0) is 23.8 Å². The number of aliphatic carboxylic acids is 1. The second-order valence-electron chi connectivity index (χ2n) is 7.49. The van der Waals surface area contributed by atoms with Crippen molar-refractivity contribution in [3.63, 3.8) is 0 Å². The fraction of sp³-hybridized carbons (Fsp3) is 0.286. The van der Waals surface area contributed by atoms with E-state index in [1.165, 1.54) is 0 Å². The molecular formula is C21H19F5N4O3. The van der Waals surface area contributed by atoms with E-state index in [-0.39, 0.29) is 18.9 Å². The predicted molar refractivity (Wildman–Crippen MR) is 108 cm³/mol. The van der Waals surface area contributed by atoms with Crippen LogP contribution >= 0.6 is 0 Å². The molecular weight excluding hydrogens is 451 g/mol. The summed E-state index contributed by atoms with van der Waals surface area (Å²) in [5.41, 5.74) is 8.21. The van der Waals surface area contributed by atoms with Gasteiger partial charge in [0.25, 0.3) is 11.8 Å². The van der Waals surface area contributed by atoms with Crippen LogP contribution in [0, 0.1) is 0 Å². The quantitative estimate of drug-likeness (QED) is 0.493. The van der Waals surface area contributed by atoms with E-state index in [2.05, 4.69) is 10.4 Å². The van der Waals surface area contributed by atoms with E-state index >= 15 is 0 Å². The normalized spacial score (nSPS) is 15.4. The molecule has 0 bridgehead atoms. The number of fused-ring (bicyclic) bond motifs is 1. The minimum atomic E-state index is -5.08. The Balaban J connectivity index is 0.000000383. The minimum absolute atomic E-state index is 0.0901. The van der Waals surface area contributed by atoms with E-state index in [4.69, 9.17) is 15.6 Å². The van der Waals surface area contributed by atoms with Gasteiger partial charge in [-0.2, -0.15) is 18.3 Å². The summed E-state index contributed by atoms with van der Waals surface area (Å²) in [6.07, 6.45) is -3.42. The van der Waals surface area contributed by atoms with Gasteiger partial charge in [-0.25, -0.2) is 18.3 Å². The van der Waals surface area contributed by atoms with Crippen molar-refractivity contribution in [2.45, 2.75) is 37.5 Å². The highest BCUT2D eigenvalue weighted by atomic mass is 19.4. The molecule has 7 nitrogen and oxygen atoms in total. The molecule has 33 heavy (non-hydrogen) atoms. The van der Waals surface area contributed by atoms with Crippen molar-refractivity contribution in [2.75, 3.05) is 0 Å². The van der Waals surface area contributed by atoms with E-state index in [1.54, 1.807) is 16.8 Å². The number of nitrogens with two attached hydrogens (primary N) is 1. The number of primary amides is 1. The zero-order chi connectivity index (χ0) is 24.4. The van der Waals surface area contributed by atoms with Crippen molar-refractivity contribution in [1.29, 1.82) is 0 Å². The molecule has 1 aromatic heterocycles. The Morgan fingerprint density at radius 3 is 2.27 bits per heavy atom. The molecule has 1 heterocycles. The second kappa shape index (κ2) is 9.14. The average molecular weight is 470 g/mol. The lowest BCUT2D eigenvalue weighted by Gasteiger charge is -2.35. The van der Waals surface area contributed by atoms with Gasteiger partial charge in [-0.15, -0.1) is 0 Å². The molecule has 0 unspecified atom stereocenters. The zero-order valence-electron chi connectivity index (χ0n) is 16.9. The first kappa shape index (κ1) is 24.1. The number of carboxylic acid groups (broad SMARTS) is 1. The van der Waals surface area contributed by atoms with Gasteiger partial charge in [0.2, 0.25) is 0 Å². The summed E-state index contributed by atoms with van der Waals surface area (Å²) in [4.78, 5) is 20.4. The average Bonchev–Trinajstić information content (AvgIpc) is 3.15. The van der Waals surface area contributed by atoms with Crippen LogP contribution in [0.15, 0.2) is 48.7 Å². The summed E-state index contributed by atoms with van der Waals surface area (Å²) in [7, 11) is 0. The van der Waals surface area contributed by atoms with Crippen LogP contribution in [0.5, 0.6) is 0 Å². The molecule has 2 aromatic carbocycles. The van der Waals surface area contributed by atoms with Crippen molar-refractivity contribution >= 4 is 22.8 Å². The maximum Gasteiger partial charge on any atom is 0.490 e. The number of carbonyl (C=O) groups excluding carboxylic acids is 1. The van der Waals surface area contributed by atoms with Crippen LogP contribution in [-0.4, -0.2) is 44.9 Å². The van der Waals surface area contributed by atoms with Crippen LogP contribution < -0.4 is 11.1 Å². The highest BCUT2D eigenvalue weighted by Crippen LogP contribution is 2.37. The van der Waals surface area contributed by atoms with Gasteiger partial charge in [-0.1, -0.05) is 24.3 Å². The highest BCUT2D eigenvalue weighted by Gasteiger charge is 2.44. The van der Waals surface area contributed by atoms with Crippen LogP contribution in [0.3, 0.4) is 0 Å². The summed E-state index contributed by atoms with van der Waals surface area (Å²) in [6.45, 7) is 0.550. The van der Waals surface area contributed by atoms with Gasteiger partial charge in [0.1, 0.15) is 5.52 Å². The number of halogens is 5. The Bertz CT molecular complexity index is 1150. The summed E-state index contributed by atoms with van der Waals surface area (Å²) in [5, 5.41) is 15.6. The van der Waals surface area contributed by atoms with Crippen LogP contribution in [0.4, 0.5) is 22.0 Å². The molecule has 0 saturated heterocycles. The number of rotatable bonds is 5. The third kappa shape index (κ3) is 6.04. The number of hydrogen-bond donors (Lipinski definition) is 3. The van der Waals surface area contributed by atoms with E-state index in [1.807, 2.05) is 36.5 Å². The van der Waals surface area contributed by atoms with Gasteiger partial charge >= 0.3 is 12.1 Å². The van der Waals surface area contributed by atoms with E-state index in [0.29, 0.717) is 17.6 Å². The van der Waals surface area contributed by atoms with E-state index in [0.717, 1.165) is 16.6 Å². The molecule has 0 aliphatic heterocycles. The maximum absolute atomic E-state index is 12.8. The Labute approximate surface area is 184 Å². The number of carbonyl (C=O) groups is 2. The molecule has 1 fully saturated rings. The van der Waals surface area contributed by atoms with Gasteiger partial charge in [0.15, 0.2) is 0 Å². The number of benzene rings is 2. The Morgan fingerprint density at radius 1 is 1.15 bits per heavy atom. The van der Waals surface area contributed by atoms with Crippen molar-refractivity contribution < 1.29 is 36.6 Å². The minimum Gasteiger partial charge on any atom is -0.475 e. The first-order chi connectivity index (χ1) is 15.4. The summed E-state index contributed by atoms with van der Waals surface area (Å²) in [5.74, 6) is -5.77. The predicted octanol–water partition coefficient (Wildman–Crippen LogP) is 3.65. The van der Waals surface area contributed by atoms with Crippen molar-refractivity contribution in [3.8, 4) is 5.69 Å². The van der Waals surface area contributed by atoms with Crippen LogP contribution in [-0.2, 0) is 11.3 Å². The van der Waals surface area contributed by atoms with Gasteiger partial charge in [0.05, 0.1) is 11.3 Å². The summed E-state index contributed by atoms with van der Waals surface area (Å²) < 4.78 is 59.1. The Morgan fingerprint density at radius 2 is 1.76 bits per heavy atom. The molecule has 1 amide bonds. The van der Waals surface area contributed by atoms with Gasteiger partial charge in [-0.3, -0.25) is 4.79 Å². The molecule has 3 aromatic rings. The molecule has 0 atom stereocenters. The highest BCUT2D eigenvalue weighted by molar-refractivity contribution is 6.04. The first-order valence-corrected chi connectivity index (χ1v) is 9.64. The lowest BCUT2D eigenvalue weighted by Crippen LogP contribution is -2.48. The monoisotopic (exact) mass is 470 g/mol. The molecule has 0 radical (unpaired) electrons. The second-order valence-corrected chi connectivity index (χ2v) is 7.49. The van der Waals surface area contributed by atoms with E-state index < -0.39 is 24.0 Å². The molecule has 4 N–H and O–H groups in total. The third-order valence-electron chi connectivity index (χ3n) is 4.93. The van der Waals surface area contributed by atoms with Gasteiger partial charge < -0.3 is 16.2 Å². The SMILES string of the molecule is NC(=O)c1cccc2cn(-c3ccc(CNC4CC(F)(F)C4)cc3)nc12.O=C(O)C(F)(F)F. The topological polar surface area (TPSA) is 110 Å². The standard InChI is InChI=1S/C19H18F2N4O.C2HF3O2/c20-19(21)8-14(9-19)23-10-12-4-6-15(7-5-12)25-11-13-2-1-3-16(18(22)26)17(13)24-25;3-2(4,5)1(6)7/h1-7,11,14,23H,8-10H2,(H2,22,26);(H,6,7). The van der Waals surface area contributed by atoms with Crippen molar-refractivity contribution in [2.24, 2.45) is 5.73 Å². The third-order valence-corrected chi connectivity index (χ3v) is 4.93. The number of hydrogen-bond acceptors (Lipinski definition) is 4. The summed E-state index contributed by atoms with van der Waals surface area (Å²) >= 11 is 0. The molecule has 0 spiro atoms. The van der Waals surface area contributed by atoms with Crippen molar-refractivity contribution in [1.82, 2.24) is 15.1 Å². The first-order valence-electron chi connectivity index (χ1n) is 9.64. The molecule has 1 saturated carbocycles. The number of aromatic nitrogens is 2. The summed E-state index contributed by atoms with van der Waals surface area (Å²) in [6, 6.07) is 12.9. The van der Waals surface area contributed by atoms with Crippen LogP contribution in [0.25, 0.3) is 16.6 Å². The smallest absolute Gasteiger partial charge is 0.475 e. The molecule has 1 aliphatic carbocycles. The van der Waals surface area contributed by atoms with Crippen molar-refractivity contribution in [3.05, 3.63) is 59.8 Å². The number of carboxylic acids is 1. The fourth-order valence-corrected chi connectivity index (χ4v) is 3.21. The molecule has 12 heteroatoms. The van der Waals surface area contributed by atoms with Crippen LogP contribution in [0.2, 0.25) is 0 Å². The molecule has 4 rings (SSSR count). The van der Waals surface area contributed by atoms with Crippen LogP contribution in [0.1, 0.15) is 28.8 Å². The Hall–Kier alpha value is -3.54. The number of alkyl halides is 5. The van der Waals surface area contributed by atoms with E-state index in [9.17, 15) is 26.7 Å². The largest absolute Gasteiger partial charge is 0.490 e. The lowest BCUT2D eigenvalue weighted by atomic mass is 9.88. The molecule has 176 valence electrons. The lowest BCUT2D eigenvalue weighted by molar-refractivity contribution is -0.192. The number of nitrogens with one attached hydrogen (secondary N) is 1. The fourth-order valence-electron chi connectivity index (χ4n) is 3.21. The zero-order valence-corrected chi connectivity index (χ0v) is 16.9. The molecule has 1 aliphatic rings. The maximum atomic E-state index is 12.8. The van der Waals surface area contributed by atoms with Gasteiger partial charge in [0, 0.05) is 37.0 Å².